The van der Waals surface area contributed by atoms with Crippen LogP contribution in [0, 0.1) is 11.8 Å². The molecule has 22 heavy (non-hydrogen) atoms. The van der Waals surface area contributed by atoms with E-state index in [-0.39, 0.29) is 11.8 Å². The molecule has 0 radical (unpaired) electrons. The first-order valence-corrected chi connectivity index (χ1v) is 8.50. The third-order valence-electron chi connectivity index (χ3n) is 4.85. The van der Waals surface area contributed by atoms with E-state index in [2.05, 4.69) is 17.3 Å². The van der Waals surface area contributed by atoms with E-state index in [4.69, 9.17) is 0 Å². The highest BCUT2D eigenvalue weighted by molar-refractivity contribution is 5.93. The molecule has 3 rings (SSSR count). The molecule has 1 amide bonds. The maximum atomic E-state index is 12.4. The van der Waals surface area contributed by atoms with Crippen LogP contribution in [0.4, 0.5) is 5.69 Å². The molecule has 0 spiro atoms. The van der Waals surface area contributed by atoms with Crippen LogP contribution in [0.1, 0.15) is 51.9 Å². The van der Waals surface area contributed by atoms with Crippen LogP contribution < -0.4 is 5.32 Å². The number of nitrogens with zero attached hydrogens (tertiary/aromatic N) is 2. The first kappa shape index (κ1) is 15.1. The van der Waals surface area contributed by atoms with Gasteiger partial charge in [0.25, 0.3) is 0 Å². The lowest BCUT2D eigenvalue weighted by molar-refractivity contribution is -0.121. The molecule has 0 unspecified atom stereocenters. The number of amides is 1. The quantitative estimate of drug-likeness (QED) is 0.896. The number of nitrogens with one attached hydrogen (secondary N) is 1. The summed E-state index contributed by atoms with van der Waals surface area (Å²) in [6.07, 6.45) is 12.1. The molecule has 0 aliphatic heterocycles. The zero-order valence-corrected chi connectivity index (χ0v) is 13.3. The smallest absolute Gasteiger partial charge is 0.227 e. The normalized spacial score (nSPS) is 21.9. The van der Waals surface area contributed by atoms with Gasteiger partial charge < -0.3 is 5.32 Å². The first-order valence-electron chi connectivity index (χ1n) is 8.50. The molecule has 1 aliphatic carbocycles. The highest BCUT2D eigenvalue weighted by Gasteiger charge is 2.26. The zero-order chi connectivity index (χ0) is 15.4. The molecule has 1 saturated carbocycles. The van der Waals surface area contributed by atoms with E-state index >= 15 is 0 Å². The number of hydrogen-bond acceptors (Lipinski definition) is 2. The summed E-state index contributed by atoms with van der Waals surface area (Å²) in [6, 6.07) is 5.82. The molecule has 1 fully saturated rings. The SMILES string of the molecule is CCCCC1CCC(C(=O)Nc2ccn3nccc3c2)CC1. The van der Waals surface area contributed by atoms with Crippen molar-refractivity contribution in [3.8, 4) is 0 Å². The number of anilines is 1. The van der Waals surface area contributed by atoms with Gasteiger partial charge in [-0.25, -0.2) is 4.52 Å². The number of hydrogen-bond donors (Lipinski definition) is 1. The van der Waals surface area contributed by atoms with Crippen molar-refractivity contribution in [2.75, 3.05) is 5.32 Å². The Morgan fingerprint density at radius 1 is 1.32 bits per heavy atom. The Hall–Kier alpha value is -1.84. The van der Waals surface area contributed by atoms with Crippen LogP contribution in [0.25, 0.3) is 5.52 Å². The van der Waals surface area contributed by atoms with Crippen LogP contribution in [-0.2, 0) is 4.79 Å². The zero-order valence-electron chi connectivity index (χ0n) is 13.3. The minimum Gasteiger partial charge on any atom is -0.326 e. The highest BCUT2D eigenvalue weighted by atomic mass is 16.1. The summed E-state index contributed by atoms with van der Waals surface area (Å²) < 4.78 is 1.80. The fraction of sp³-hybridized carbons (Fsp3) is 0.556. The minimum absolute atomic E-state index is 0.179. The van der Waals surface area contributed by atoms with Crippen molar-refractivity contribution < 1.29 is 4.79 Å². The van der Waals surface area contributed by atoms with Crippen LogP contribution in [-0.4, -0.2) is 15.5 Å². The molecule has 1 N–H and O–H groups in total. The van der Waals surface area contributed by atoms with E-state index in [0.717, 1.165) is 30.0 Å². The van der Waals surface area contributed by atoms with E-state index in [1.165, 1.54) is 32.1 Å². The van der Waals surface area contributed by atoms with Gasteiger partial charge in [0, 0.05) is 24.0 Å². The maximum Gasteiger partial charge on any atom is 0.227 e. The minimum atomic E-state index is 0.179. The Balaban J connectivity index is 1.54. The number of carbonyl (C=O) groups is 1. The average molecular weight is 299 g/mol. The number of fused-ring (bicyclic) bond motifs is 1. The van der Waals surface area contributed by atoms with Crippen molar-refractivity contribution in [1.29, 1.82) is 0 Å². The van der Waals surface area contributed by atoms with Crippen LogP contribution in [0.2, 0.25) is 0 Å². The van der Waals surface area contributed by atoms with Crippen molar-refractivity contribution in [3.05, 3.63) is 30.6 Å². The average Bonchev–Trinajstić information content (AvgIpc) is 3.01. The summed E-state index contributed by atoms with van der Waals surface area (Å²) in [4.78, 5) is 12.4. The van der Waals surface area contributed by atoms with Crippen molar-refractivity contribution in [2.24, 2.45) is 11.8 Å². The van der Waals surface area contributed by atoms with Gasteiger partial charge in [0.1, 0.15) is 0 Å². The van der Waals surface area contributed by atoms with E-state index in [1.807, 2.05) is 24.4 Å². The van der Waals surface area contributed by atoms with Gasteiger partial charge in [-0.05, 0) is 49.8 Å². The molecular formula is C18H25N3O. The van der Waals surface area contributed by atoms with Crippen LogP contribution in [0.3, 0.4) is 0 Å². The Kier molecular flexibility index (Phi) is 4.76. The summed E-state index contributed by atoms with van der Waals surface area (Å²) in [7, 11) is 0. The third-order valence-corrected chi connectivity index (χ3v) is 4.85. The van der Waals surface area contributed by atoms with Gasteiger partial charge in [0.15, 0.2) is 0 Å². The summed E-state index contributed by atoms with van der Waals surface area (Å²) in [5.41, 5.74) is 1.87. The van der Waals surface area contributed by atoms with E-state index in [9.17, 15) is 4.79 Å². The van der Waals surface area contributed by atoms with Crippen LogP contribution in [0.5, 0.6) is 0 Å². The van der Waals surface area contributed by atoms with Gasteiger partial charge in [-0.15, -0.1) is 0 Å². The van der Waals surface area contributed by atoms with Gasteiger partial charge in [0.05, 0.1) is 5.52 Å². The lowest BCUT2D eigenvalue weighted by Crippen LogP contribution is -2.27. The second-order valence-electron chi connectivity index (χ2n) is 6.47. The Labute approximate surface area is 131 Å². The molecule has 0 atom stereocenters. The molecule has 2 aromatic rings. The molecule has 4 nitrogen and oxygen atoms in total. The molecule has 2 aromatic heterocycles. The first-order chi connectivity index (χ1) is 10.8. The third kappa shape index (κ3) is 3.49. The fourth-order valence-corrected chi connectivity index (χ4v) is 3.45. The predicted octanol–water partition coefficient (Wildman–Crippen LogP) is 4.27. The molecular weight excluding hydrogens is 274 g/mol. The highest BCUT2D eigenvalue weighted by Crippen LogP contribution is 2.32. The molecule has 1 aliphatic rings. The maximum absolute atomic E-state index is 12.4. The van der Waals surface area contributed by atoms with E-state index in [1.54, 1.807) is 10.7 Å². The molecule has 4 heteroatoms. The molecule has 0 bridgehead atoms. The van der Waals surface area contributed by atoms with Gasteiger partial charge >= 0.3 is 0 Å². The molecule has 0 saturated heterocycles. The van der Waals surface area contributed by atoms with E-state index in [0.29, 0.717) is 0 Å². The topological polar surface area (TPSA) is 46.4 Å². The van der Waals surface area contributed by atoms with Crippen molar-refractivity contribution in [1.82, 2.24) is 9.61 Å². The summed E-state index contributed by atoms with van der Waals surface area (Å²) in [6.45, 7) is 2.25. The van der Waals surface area contributed by atoms with Crippen LogP contribution >= 0.6 is 0 Å². The number of aromatic nitrogens is 2. The molecule has 2 heterocycles. The van der Waals surface area contributed by atoms with Crippen LogP contribution in [0.15, 0.2) is 30.6 Å². The Bertz CT molecular complexity index is 626. The van der Waals surface area contributed by atoms with Gasteiger partial charge in [-0.2, -0.15) is 5.10 Å². The second kappa shape index (κ2) is 6.95. The summed E-state index contributed by atoms with van der Waals surface area (Å²) in [5, 5.41) is 7.24. The van der Waals surface area contributed by atoms with Gasteiger partial charge in [-0.1, -0.05) is 26.2 Å². The number of carbonyl (C=O) groups excluding carboxylic acids is 1. The van der Waals surface area contributed by atoms with Crippen molar-refractivity contribution >= 4 is 17.1 Å². The van der Waals surface area contributed by atoms with Gasteiger partial charge in [0.2, 0.25) is 5.91 Å². The summed E-state index contributed by atoms with van der Waals surface area (Å²) in [5.74, 6) is 1.20. The number of pyridine rings is 1. The molecule has 0 aromatic carbocycles. The lowest BCUT2D eigenvalue weighted by atomic mass is 9.79. The number of unbranched alkanes of at least 4 members (excludes halogenated alkanes) is 1. The Morgan fingerprint density at radius 3 is 2.91 bits per heavy atom. The summed E-state index contributed by atoms with van der Waals surface area (Å²) >= 11 is 0. The largest absolute Gasteiger partial charge is 0.326 e. The Morgan fingerprint density at radius 2 is 2.14 bits per heavy atom. The molecule has 118 valence electrons. The monoisotopic (exact) mass is 299 g/mol. The predicted molar refractivity (Wildman–Crippen MR) is 88.8 cm³/mol. The fourth-order valence-electron chi connectivity index (χ4n) is 3.45. The van der Waals surface area contributed by atoms with E-state index < -0.39 is 0 Å². The van der Waals surface area contributed by atoms with Crippen molar-refractivity contribution in [3.63, 3.8) is 0 Å². The lowest BCUT2D eigenvalue weighted by Gasteiger charge is -2.27. The van der Waals surface area contributed by atoms with Gasteiger partial charge in [-0.3, -0.25) is 4.79 Å². The number of rotatable bonds is 5. The standard InChI is InChI=1S/C18H25N3O/c1-2-3-4-14-5-7-15(8-6-14)18(22)20-16-10-12-21-17(13-16)9-11-19-21/h9-15H,2-8H2,1H3,(H,20,22). The second-order valence-corrected chi connectivity index (χ2v) is 6.47. The van der Waals surface area contributed by atoms with Crippen molar-refractivity contribution in [2.45, 2.75) is 51.9 Å².